The van der Waals surface area contributed by atoms with Crippen LogP contribution in [0.5, 0.6) is 0 Å². The monoisotopic (exact) mass is 301 g/mol. The highest BCUT2D eigenvalue weighted by Gasteiger charge is 2.30. The number of fused-ring (bicyclic) bond motifs is 1. The molecule has 1 aliphatic rings. The Morgan fingerprint density at radius 3 is 2.86 bits per heavy atom. The van der Waals surface area contributed by atoms with Crippen molar-refractivity contribution in [1.82, 2.24) is 19.5 Å². The van der Waals surface area contributed by atoms with Gasteiger partial charge < -0.3 is 9.80 Å². The summed E-state index contributed by atoms with van der Waals surface area (Å²) in [6.07, 6.45) is 4.75. The minimum absolute atomic E-state index is 0.0534. The minimum atomic E-state index is 0.0534. The van der Waals surface area contributed by atoms with E-state index in [0.29, 0.717) is 0 Å². The second-order valence-corrected chi connectivity index (χ2v) is 6.47. The van der Waals surface area contributed by atoms with Crippen molar-refractivity contribution in [2.75, 3.05) is 32.1 Å². The highest BCUT2D eigenvalue weighted by molar-refractivity contribution is 5.78. The Balaban J connectivity index is 1.90. The molecule has 6 nitrogen and oxygen atoms in total. The molecule has 0 aromatic carbocycles. The highest BCUT2D eigenvalue weighted by Crippen LogP contribution is 2.29. The first kappa shape index (κ1) is 14.8. The molecule has 0 aliphatic carbocycles. The lowest BCUT2D eigenvalue weighted by Crippen LogP contribution is -2.32. The Bertz CT molecular complexity index is 691. The van der Waals surface area contributed by atoms with Crippen molar-refractivity contribution in [2.24, 2.45) is 5.92 Å². The molecule has 1 fully saturated rings. The molecule has 3 rings (SSSR count). The van der Waals surface area contributed by atoms with Gasteiger partial charge in [0.15, 0.2) is 5.82 Å². The van der Waals surface area contributed by atoms with Crippen molar-refractivity contribution in [2.45, 2.75) is 26.2 Å². The van der Waals surface area contributed by atoms with E-state index in [2.05, 4.69) is 5.10 Å². The third kappa shape index (κ3) is 2.53. The quantitative estimate of drug-likeness (QED) is 0.867. The van der Waals surface area contributed by atoms with E-state index < -0.39 is 0 Å². The van der Waals surface area contributed by atoms with Gasteiger partial charge in [-0.1, -0.05) is 13.8 Å². The maximum atomic E-state index is 12.1. The van der Waals surface area contributed by atoms with Crippen molar-refractivity contribution >= 4 is 17.2 Å². The highest BCUT2D eigenvalue weighted by atomic mass is 16.2. The molecule has 0 saturated carbocycles. The van der Waals surface area contributed by atoms with Crippen molar-refractivity contribution < 1.29 is 4.79 Å². The van der Waals surface area contributed by atoms with E-state index in [1.807, 2.05) is 54.5 Å². The third-order valence-corrected chi connectivity index (χ3v) is 4.22. The number of nitrogens with zero attached hydrogens (tertiary/aromatic N) is 5. The van der Waals surface area contributed by atoms with Gasteiger partial charge in [-0.05, 0) is 12.5 Å². The van der Waals surface area contributed by atoms with E-state index in [1.165, 1.54) is 0 Å². The molecule has 1 aliphatic heterocycles. The van der Waals surface area contributed by atoms with Crippen molar-refractivity contribution in [3.05, 3.63) is 24.2 Å². The summed E-state index contributed by atoms with van der Waals surface area (Å²) in [5, 5.41) is 4.35. The number of hydrogen-bond acceptors (Lipinski definition) is 4. The molecule has 0 N–H and O–H groups in total. The number of rotatable bonds is 3. The number of carbonyl (C=O) groups excluding carboxylic acids is 1. The van der Waals surface area contributed by atoms with Crippen molar-refractivity contribution in [3.8, 4) is 0 Å². The molecule has 0 bridgehead atoms. The summed E-state index contributed by atoms with van der Waals surface area (Å²) in [4.78, 5) is 20.9. The summed E-state index contributed by atoms with van der Waals surface area (Å²) < 4.78 is 1.88. The van der Waals surface area contributed by atoms with Crippen LogP contribution in [-0.2, 0) is 4.79 Å². The van der Waals surface area contributed by atoms with Gasteiger partial charge in [0.25, 0.3) is 0 Å². The van der Waals surface area contributed by atoms with Crippen LogP contribution in [0.25, 0.3) is 5.52 Å². The molecular weight excluding hydrogens is 278 g/mol. The zero-order chi connectivity index (χ0) is 15.9. The van der Waals surface area contributed by atoms with Crippen LogP contribution in [0.1, 0.15) is 31.9 Å². The van der Waals surface area contributed by atoms with E-state index in [9.17, 15) is 4.79 Å². The maximum Gasteiger partial charge on any atom is 0.225 e. The minimum Gasteiger partial charge on any atom is -0.361 e. The first-order chi connectivity index (χ1) is 10.5. The molecule has 1 unspecified atom stereocenters. The van der Waals surface area contributed by atoms with Crippen molar-refractivity contribution in [1.29, 1.82) is 0 Å². The SMILES string of the molecule is CC(C)C(=O)N1CCC(c2cn3nccc3c(N(C)C)n2)C1. The average Bonchev–Trinajstić information content (AvgIpc) is 3.13. The van der Waals surface area contributed by atoms with E-state index in [-0.39, 0.29) is 17.7 Å². The largest absolute Gasteiger partial charge is 0.361 e. The number of carbonyl (C=O) groups is 1. The summed E-state index contributed by atoms with van der Waals surface area (Å²) in [5.74, 6) is 1.49. The number of aromatic nitrogens is 3. The second-order valence-electron chi connectivity index (χ2n) is 6.47. The summed E-state index contributed by atoms with van der Waals surface area (Å²) in [6.45, 7) is 5.48. The first-order valence-electron chi connectivity index (χ1n) is 7.77. The topological polar surface area (TPSA) is 53.7 Å². The predicted octanol–water partition coefficient (Wildman–Crippen LogP) is 1.77. The van der Waals surface area contributed by atoms with E-state index in [4.69, 9.17) is 4.98 Å². The van der Waals surface area contributed by atoms with Crippen LogP contribution in [0.2, 0.25) is 0 Å². The van der Waals surface area contributed by atoms with E-state index in [0.717, 1.165) is 36.5 Å². The molecule has 2 aromatic rings. The van der Waals surface area contributed by atoms with Gasteiger partial charge in [-0.2, -0.15) is 5.10 Å². The van der Waals surface area contributed by atoms with Gasteiger partial charge in [0.1, 0.15) is 5.52 Å². The fourth-order valence-corrected chi connectivity index (χ4v) is 3.02. The van der Waals surface area contributed by atoms with Gasteiger partial charge in [0, 0.05) is 39.0 Å². The molecule has 118 valence electrons. The lowest BCUT2D eigenvalue weighted by atomic mass is 10.1. The van der Waals surface area contributed by atoms with Crippen LogP contribution in [0.4, 0.5) is 5.82 Å². The number of hydrogen-bond donors (Lipinski definition) is 0. The molecule has 1 saturated heterocycles. The molecular formula is C16H23N5O. The van der Waals surface area contributed by atoms with Gasteiger partial charge in [-0.3, -0.25) is 4.79 Å². The normalized spacial score (nSPS) is 18.4. The van der Waals surface area contributed by atoms with Gasteiger partial charge in [0.05, 0.1) is 18.1 Å². The van der Waals surface area contributed by atoms with Crippen LogP contribution in [0.15, 0.2) is 18.5 Å². The molecule has 0 spiro atoms. The lowest BCUT2D eigenvalue weighted by molar-refractivity contribution is -0.133. The summed E-state index contributed by atoms with van der Waals surface area (Å²) >= 11 is 0. The molecule has 2 aromatic heterocycles. The Morgan fingerprint density at radius 2 is 2.18 bits per heavy atom. The van der Waals surface area contributed by atoms with Crippen LogP contribution < -0.4 is 4.90 Å². The van der Waals surface area contributed by atoms with Crippen LogP contribution in [-0.4, -0.2) is 52.6 Å². The fourth-order valence-electron chi connectivity index (χ4n) is 3.02. The predicted molar refractivity (Wildman–Crippen MR) is 86.1 cm³/mol. The number of anilines is 1. The second kappa shape index (κ2) is 5.59. The molecule has 3 heterocycles. The van der Waals surface area contributed by atoms with Gasteiger partial charge >= 0.3 is 0 Å². The number of amides is 1. The van der Waals surface area contributed by atoms with Gasteiger partial charge in [-0.15, -0.1) is 0 Å². The van der Waals surface area contributed by atoms with Gasteiger partial charge in [0.2, 0.25) is 5.91 Å². The zero-order valence-corrected chi connectivity index (χ0v) is 13.7. The van der Waals surface area contributed by atoms with Crippen LogP contribution in [0.3, 0.4) is 0 Å². The molecule has 1 atom stereocenters. The Labute approximate surface area is 130 Å². The average molecular weight is 301 g/mol. The number of likely N-dealkylation sites (tertiary alicyclic amines) is 1. The smallest absolute Gasteiger partial charge is 0.225 e. The van der Waals surface area contributed by atoms with Crippen molar-refractivity contribution in [3.63, 3.8) is 0 Å². The van der Waals surface area contributed by atoms with Crippen LogP contribution in [0, 0.1) is 5.92 Å². The Kier molecular flexibility index (Phi) is 3.76. The maximum absolute atomic E-state index is 12.1. The fraction of sp³-hybridized carbons (Fsp3) is 0.562. The molecule has 6 heteroatoms. The zero-order valence-electron chi connectivity index (χ0n) is 13.7. The molecule has 22 heavy (non-hydrogen) atoms. The van der Waals surface area contributed by atoms with Crippen LogP contribution >= 0.6 is 0 Å². The van der Waals surface area contributed by atoms with E-state index in [1.54, 1.807) is 6.20 Å². The first-order valence-corrected chi connectivity index (χ1v) is 7.77. The van der Waals surface area contributed by atoms with E-state index >= 15 is 0 Å². The third-order valence-electron chi connectivity index (χ3n) is 4.22. The molecule has 1 amide bonds. The van der Waals surface area contributed by atoms with Gasteiger partial charge in [-0.25, -0.2) is 9.50 Å². The Hall–Kier alpha value is -2.11. The Morgan fingerprint density at radius 1 is 1.41 bits per heavy atom. The summed E-state index contributed by atoms with van der Waals surface area (Å²) in [5.41, 5.74) is 2.01. The molecule has 0 radical (unpaired) electrons. The summed E-state index contributed by atoms with van der Waals surface area (Å²) in [7, 11) is 3.98. The standard InChI is InChI=1S/C16H23N5O/c1-11(2)16(22)20-8-6-12(9-20)13-10-21-14(5-7-17-21)15(18-13)19(3)4/h5,7,10-12H,6,8-9H2,1-4H3. The summed E-state index contributed by atoms with van der Waals surface area (Å²) in [6, 6.07) is 1.97. The lowest BCUT2D eigenvalue weighted by Gasteiger charge is -2.19.